The average Bonchev–Trinajstić information content (AvgIpc) is 2.91. The minimum atomic E-state index is -0.836. The van der Waals surface area contributed by atoms with Crippen molar-refractivity contribution in [2.75, 3.05) is 13.2 Å². The van der Waals surface area contributed by atoms with Crippen LogP contribution in [-0.2, 0) is 22.6 Å². The minimum absolute atomic E-state index is 0.0545. The molecule has 0 radical (unpaired) electrons. The van der Waals surface area contributed by atoms with Gasteiger partial charge in [-0.15, -0.1) is 0 Å². The summed E-state index contributed by atoms with van der Waals surface area (Å²) in [6.45, 7) is 6.41. The first-order valence-electron chi connectivity index (χ1n) is 13.1. The molecule has 7 heteroatoms. The summed E-state index contributed by atoms with van der Waals surface area (Å²) in [5.41, 5.74) is 2.38. The van der Waals surface area contributed by atoms with Gasteiger partial charge < -0.3 is 15.0 Å². The fourth-order valence-electron chi connectivity index (χ4n) is 4.09. The van der Waals surface area contributed by atoms with Crippen molar-refractivity contribution in [3.8, 4) is 5.75 Å². The Kier molecular flexibility index (Phi) is 11.3. The van der Waals surface area contributed by atoms with Gasteiger partial charge in [0.1, 0.15) is 17.6 Å². The first-order chi connectivity index (χ1) is 18.3. The van der Waals surface area contributed by atoms with Gasteiger partial charge in [-0.25, -0.2) is 4.39 Å². The Hall–Kier alpha value is -3.19. The lowest BCUT2D eigenvalue weighted by atomic mass is 10.0. The van der Waals surface area contributed by atoms with E-state index in [4.69, 9.17) is 4.74 Å². The Balaban J connectivity index is 1.90. The van der Waals surface area contributed by atoms with Crippen LogP contribution in [0.25, 0.3) is 0 Å². The van der Waals surface area contributed by atoms with E-state index in [9.17, 15) is 14.0 Å². The van der Waals surface area contributed by atoms with E-state index in [1.165, 1.54) is 11.0 Å². The number of carbonyl (C=O) groups is 2. The Bertz CT molecular complexity index is 1200. The van der Waals surface area contributed by atoms with E-state index in [0.29, 0.717) is 30.2 Å². The van der Waals surface area contributed by atoms with Crippen molar-refractivity contribution in [1.29, 1.82) is 0 Å². The number of nitrogens with one attached hydrogen (secondary N) is 1. The van der Waals surface area contributed by atoms with Crippen LogP contribution >= 0.6 is 15.9 Å². The van der Waals surface area contributed by atoms with E-state index in [1.54, 1.807) is 18.2 Å². The van der Waals surface area contributed by atoms with Gasteiger partial charge in [0.15, 0.2) is 6.61 Å². The number of halogens is 2. The molecular formula is C31H36BrFN2O3. The first-order valence-corrected chi connectivity index (χ1v) is 13.9. The van der Waals surface area contributed by atoms with Gasteiger partial charge in [-0.3, -0.25) is 9.59 Å². The number of amides is 2. The maximum atomic E-state index is 14.7. The highest BCUT2D eigenvalue weighted by Gasteiger charge is 2.31. The van der Waals surface area contributed by atoms with Gasteiger partial charge in [0, 0.05) is 25.1 Å². The van der Waals surface area contributed by atoms with Crippen molar-refractivity contribution in [2.24, 2.45) is 0 Å². The zero-order chi connectivity index (χ0) is 27.5. The van der Waals surface area contributed by atoms with Gasteiger partial charge in [-0.2, -0.15) is 0 Å². The normalized spacial score (nSPS) is 11.7. The molecule has 202 valence electrons. The molecule has 3 rings (SSSR count). The number of rotatable bonds is 13. The van der Waals surface area contributed by atoms with Gasteiger partial charge in [-0.05, 0) is 57.6 Å². The molecule has 0 aromatic heterocycles. The molecule has 1 atom stereocenters. The molecule has 0 aliphatic heterocycles. The molecule has 0 bridgehead atoms. The van der Waals surface area contributed by atoms with Gasteiger partial charge in [0.25, 0.3) is 5.91 Å². The number of ether oxygens (including phenoxy) is 1. The molecule has 0 fully saturated rings. The van der Waals surface area contributed by atoms with Crippen molar-refractivity contribution >= 4 is 27.7 Å². The standard InChI is InChI=1S/C31H36BrFN2O3/c1-4-5-17-34-31(37)28(18-23-11-7-6-8-12-23)35(20-25-13-9-10-14-27(25)33)30(36)21-38-29-16-15-24(22(2)3)19-26(29)32/h6-16,19,22,28H,4-5,17-18,20-21H2,1-3H3,(H,34,37)/t28-/m1/s1. The molecular weight excluding hydrogens is 547 g/mol. The smallest absolute Gasteiger partial charge is 0.261 e. The third-order valence-electron chi connectivity index (χ3n) is 6.37. The van der Waals surface area contributed by atoms with E-state index < -0.39 is 17.8 Å². The van der Waals surface area contributed by atoms with E-state index in [0.717, 1.165) is 28.4 Å². The molecule has 0 spiro atoms. The maximum absolute atomic E-state index is 14.7. The molecule has 0 aliphatic carbocycles. The maximum Gasteiger partial charge on any atom is 0.261 e. The second kappa shape index (κ2) is 14.7. The quantitative estimate of drug-likeness (QED) is 0.230. The summed E-state index contributed by atoms with van der Waals surface area (Å²) in [4.78, 5) is 28.5. The van der Waals surface area contributed by atoms with Crippen LogP contribution in [-0.4, -0.2) is 35.9 Å². The van der Waals surface area contributed by atoms with Crippen LogP contribution in [0.3, 0.4) is 0 Å². The SMILES string of the molecule is CCCCNC(=O)[C@@H](Cc1ccccc1)N(Cc1ccccc1F)C(=O)COc1ccc(C(C)C)cc1Br. The van der Waals surface area contributed by atoms with Crippen LogP contribution in [0.4, 0.5) is 4.39 Å². The summed E-state index contributed by atoms with van der Waals surface area (Å²) >= 11 is 3.53. The van der Waals surface area contributed by atoms with Crippen molar-refractivity contribution in [1.82, 2.24) is 10.2 Å². The zero-order valence-corrected chi connectivity index (χ0v) is 23.8. The van der Waals surface area contributed by atoms with Crippen molar-refractivity contribution < 1.29 is 18.7 Å². The van der Waals surface area contributed by atoms with Crippen molar-refractivity contribution in [2.45, 2.75) is 58.5 Å². The lowest BCUT2D eigenvalue weighted by Gasteiger charge is -2.31. The third kappa shape index (κ3) is 8.42. The summed E-state index contributed by atoms with van der Waals surface area (Å²) in [6, 6.07) is 20.8. The molecule has 0 heterocycles. The number of hydrogen-bond acceptors (Lipinski definition) is 3. The summed E-state index contributed by atoms with van der Waals surface area (Å²) in [5, 5.41) is 2.96. The Morgan fingerprint density at radius 1 is 1.03 bits per heavy atom. The number of unbranched alkanes of at least 4 members (excludes halogenated alkanes) is 1. The fourth-order valence-corrected chi connectivity index (χ4v) is 4.60. The highest BCUT2D eigenvalue weighted by Crippen LogP contribution is 2.29. The molecule has 1 N–H and O–H groups in total. The minimum Gasteiger partial charge on any atom is -0.483 e. The molecule has 2 amide bonds. The van der Waals surface area contributed by atoms with Crippen LogP contribution in [0.2, 0.25) is 0 Å². The molecule has 0 unspecified atom stereocenters. The lowest BCUT2D eigenvalue weighted by Crippen LogP contribution is -2.52. The molecule has 3 aromatic rings. The predicted molar refractivity (Wildman–Crippen MR) is 153 cm³/mol. The molecule has 0 aliphatic rings. The second-order valence-electron chi connectivity index (χ2n) is 9.60. The molecule has 3 aromatic carbocycles. The third-order valence-corrected chi connectivity index (χ3v) is 6.99. The molecule has 38 heavy (non-hydrogen) atoms. The predicted octanol–water partition coefficient (Wildman–Crippen LogP) is 6.65. The number of nitrogens with zero attached hydrogens (tertiary/aromatic N) is 1. The van der Waals surface area contributed by atoms with Gasteiger partial charge in [0.05, 0.1) is 4.47 Å². The average molecular weight is 584 g/mol. The highest BCUT2D eigenvalue weighted by atomic mass is 79.9. The Labute approximate surface area is 233 Å². The van der Waals surface area contributed by atoms with Crippen molar-refractivity contribution in [3.05, 3.63) is 99.8 Å². The monoisotopic (exact) mass is 582 g/mol. The number of carbonyl (C=O) groups excluding carboxylic acids is 2. The van der Waals surface area contributed by atoms with E-state index in [-0.39, 0.29) is 19.1 Å². The topological polar surface area (TPSA) is 58.6 Å². The molecule has 0 saturated carbocycles. The summed E-state index contributed by atoms with van der Waals surface area (Å²) < 4.78 is 21.3. The summed E-state index contributed by atoms with van der Waals surface area (Å²) in [5.74, 6) is -0.221. The highest BCUT2D eigenvalue weighted by molar-refractivity contribution is 9.10. The molecule has 5 nitrogen and oxygen atoms in total. The van der Waals surface area contributed by atoms with E-state index in [1.807, 2.05) is 55.5 Å². The first kappa shape index (κ1) is 29.4. The Morgan fingerprint density at radius 2 is 1.74 bits per heavy atom. The van der Waals surface area contributed by atoms with Gasteiger partial charge in [-0.1, -0.05) is 81.8 Å². The fraction of sp³-hybridized carbons (Fsp3) is 0.355. The van der Waals surface area contributed by atoms with Crippen LogP contribution in [0, 0.1) is 5.82 Å². The van der Waals surface area contributed by atoms with Crippen LogP contribution in [0.15, 0.2) is 77.3 Å². The summed E-state index contributed by atoms with van der Waals surface area (Å²) in [7, 11) is 0. The molecule has 0 saturated heterocycles. The van der Waals surface area contributed by atoms with E-state index >= 15 is 0 Å². The lowest BCUT2D eigenvalue weighted by molar-refractivity contribution is -0.142. The number of benzene rings is 3. The number of hydrogen-bond donors (Lipinski definition) is 1. The van der Waals surface area contributed by atoms with Crippen LogP contribution in [0.5, 0.6) is 5.75 Å². The largest absolute Gasteiger partial charge is 0.483 e. The Morgan fingerprint density at radius 3 is 2.39 bits per heavy atom. The summed E-state index contributed by atoms with van der Waals surface area (Å²) in [6.07, 6.45) is 2.06. The van der Waals surface area contributed by atoms with Gasteiger partial charge in [0.2, 0.25) is 5.91 Å². The second-order valence-corrected chi connectivity index (χ2v) is 10.5. The van der Waals surface area contributed by atoms with E-state index in [2.05, 4.69) is 35.1 Å². The van der Waals surface area contributed by atoms with Gasteiger partial charge >= 0.3 is 0 Å². The van der Waals surface area contributed by atoms with Crippen LogP contribution < -0.4 is 10.1 Å². The van der Waals surface area contributed by atoms with Crippen molar-refractivity contribution in [3.63, 3.8) is 0 Å². The zero-order valence-electron chi connectivity index (χ0n) is 22.3. The van der Waals surface area contributed by atoms with Crippen LogP contribution in [0.1, 0.15) is 56.2 Å².